The van der Waals surface area contributed by atoms with Crippen LogP contribution in [0, 0.1) is 11.7 Å². The number of nitrogens with zero attached hydrogens (tertiary/aromatic N) is 1. The van der Waals surface area contributed by atoms with Crippen LogP contribution in [0.1, 0.15) is 23.7 Å². The molecule has 0 unspecified atom stereocenters. The molecule has 4 rings (SSSR count). The van der Waals surface area contributed by atoms with E-state index in [0.717, 1.165) is 30.1 Å². The second-order valence-electron chi connectivity index (χ2n) is 7.25. The molecule has 2 aromatic rings. The fourth-order valence-electron chi connectivity index (χ4n) is 3.57. The molecule has 1 fully saturated rings. The highest BCUT2D eigenvalue weighted by atomic mass is 32.2. The second kappa shape index (κ2) is 7.83. The standard InChI is InChI=1S/C21H22FN3O2S/c1-13-20(26)24-18-10-15(2-7-19(18)28-13)21(27)23-11-14-8-9-25(12-14)17-5-3-16(22)4-6-17/h2-7,10,13-14H,8-9,11-12H2,1H3,(H,23,27)(H,24,26)/t13-,14-/m0/s1. The molecule has 2 amide bonds. The maximum atomic E-state index is 13.1. The number of amides is 2. The molecule has 2 N–H and O–H groups in total. The monoisotopic (exact) mass is 399 g/mol. The normalized spacial score (nSPS) is 21.2. The lowest BCUT2D eigenvalue weighted by Gasteiger charge is -2.22. The van der Waals surface area contributed by atoms with E-state index in [1.165, 1.54) is 23.9 Å². The van der Waals surface area contributed by atoms with Crippen LogP contribution in [0.25, 0.3) is 0 Å². The molecule has 2 atom stereocenters. The van der Waals surface area contributed by atoms with Gasteiger partial charge < -0.3 is 15.5 Å². The number of carbonyl (C=O) groups excluding carboxylic acids is 2. The average Bonchev–Trinajstić information content (AvgIpc) is 3.16. The van der Waals surface area contributed by atoms with E-state index in [9.17, 15) is 14.0 Å². The van der Waals surface area contributed by atoms with E-state index in [4.69, 9.17) is 0 Å². The minimum Gasteiger partial charge on any atom is -0.371 e. The second-order valence-corrected chi connectivity index (χ2v) is 8.63. The summed E-state index contributed by atoms with van der Waals surface area (Å²) in [6.07, 6.45) is 0.979. The molecule has 2 aromatic carbocycles. The molecule has 2 aliphatic heterocycles. The van der Waals surface area contributed by atoms with E-state index < -0.39 is 0 Å². The number of anilines is 2. The third-order valence-electron chi connectivity index (χ3n) is 5.20. The van der Waals surface area contributed by atoms with Gasteiger partial charge >= 0.3 is 0 Å². The Balaban J connectivity index is 1.33. The Labute approximate surface area is 167 Å². The number of halogens is 1. The van der Waals surface area contributed by atoms with Crippen LogP contribution in [0.3, 0.4) is 0 Å². The summed E-state index contributed by atoms with van der Waals surface area (Å²) in [5.41, 5.74) is 2.25. The predicted molar refractivity (Wildman–Crippen MR) is 109 cm³/mol. The smallest absolute Gasteiger partial charge is 0.251 e. The molecular weight excluding hydrogens is 377 g/mol. The summed E-state index contributed by atoms with van der Waals surface area (Å²) in [6.45, 7) is 4.18. The quantitative estimate of drug-likeness (QED) is 0.826. The Kier molecular flexibility index (Phi) is 5.26. The first-order chi connectivity index (χ1) is 13.5. The van der Waals surface area contributed by atoms with Crippen LogP contribution in [0.5, 0.6) is 0 Å². The van der Waals surface area contributed by atoms with Crippen molar-refractivity contribution in [2.24, 2.45) is 5.92 Å². The number of carbonyl (C=O) groups is 2. The molecule has 0 saturated carbocycles. The van der Waals surface area contributed by atoms with Gasteiger partial charge in [-0.1, -0.05) is 0 Å². The fraction of sp³-hybridized carbons (Fsp3) is 0.333. The van der Waals surface area contributed by atoms with Crippen LogP contribution in [0.15, 0.2) is 47.4 Å². The van der Waals surface area contributed by atoms with Gasteiger partial charge in [0.25, 0.3) is 5.91 Å². The molecule has 0 radical (unpaired) electrons. The molecule has 1 saturated heterocycles. The van der Waals surface area contributed by atoms with Gasteiger partial charge in [-0.3, -0.25) is 9.59 Å². The topological polar surface area (TPSA) is 61.4 Å². The fourth-order valence-corrected chi connectivity index (χ4v) is 4.51. The van der Waals surface area contributed by atoms with Crippen molar-refractivity contribution in [1.82, 2.24) is 5.32 Å². The summed E-state index contributed by atoms with van der Waals surface area (Å²) < 4.78 is 13.1. The Morgan fingerprint density at radius 3 is 2.86 bits per heavy atom. The SMILES string of the molecule is C[C@@H]1Sc2ccc(C(=O)NC[C@@H]3CCN(c4ccc(F)cc4)C3)cc2NC1=O. The Morgan fingerprint density at radius 1 is 1.29 bits per heavy atom. The maximum absolute atomic E-state index is 13.1. The van der Waals surface area contributed by atoms with E-state index in [-0.39, 0.29) is 22.9 Å². The van der Waals surface area contributed by atoms with E-state index in [2.05, 4.69) is 15.5 Å². The lowest BCUT2D eigenvalue weighted by molar-refractivity contribution is -0.115. The summed E-state index contributed by atoms with van der Waals surface area (Å²) in [5, 5.41) is 5.73. The highest BCUT2D eigenvalue weighted by molar-refractivity contribution is 8.00. The van der Waals surface area contributed by atoms with Crippen LogP contribution in [0.4, 0.5) is 15.8 Å². The van der Waals surface area contributed by atoms with Gasteiger partial charge in [-0.2, -0.15) is 0 Å². The van der Waals surface area contributed by atoms with Gasteiger partial charge in [-0.05, 0) is 61.7 Å². The average molecular weight is 399 g/mol. The van der Waals surface area contributed by atoms with Crippen LogP contribution < -0.4 is 15.5 Å². The van der Waals surface area contributed by atoms with Crippen LogP contribution in [-0.4, -0.2) is 36.7 Å². The highest BCUT2D eigenvalue weighted by Gasteiger charge is 2.25. The lowest BCUT2D eigenvalue weighted by atomic mass is 10.1. The van der Waals surface area contributed by atoms with E-state index >= 15 is 0 Å². The minimum atomic E-state index is -0.235. The van der Waals surface area contributed by atoms with Crippen molar-refractivity contribution in [3.63, 3.8) is 0 Å². The van der Waals surface area contributed by atoms with Crippen molar-refractivity contribution in [3.8, 4) is 0 Å². The third kappa shape index (κ3) is 3.99. The third-order valence-corrected chi connectivity index (χ3v) is 6.38. The number of hydrogen-bond donors (Lipinski definition) is 2. The first-order valence-corrected chi connectivity index (χ1v) is 10.3. The number of hydrogen-bond acceptors (Lipinski definition) is 4. The summed E-state index contributed by atoms with van der Waals surface area (Å²) in [6, 6.07) is 11.9. The first-order valence-electron chi connectivity index (χ1n) is 9.40. The van der Waals surface area contributed by atoms with Crippen molar-refractivity contribution >= 4 is 35.0 Å². The van der Waals surface area contributed by atoms with Gasteiger partial charge in [0.2, 0.25) is 5.91 Å². The van der Waals surface area contributed by atoms with Crippen molar-refractivity contribution in [3.05, 3.63) is 53.8 Å². The van der Waals surface area contributed by atoms with E-state index in [1.807, 2.05) is 13.0 Å². The first kappa shape index (κ1) is 18.8. The molecule has 28 heavy (non-hydrogen) atoms. The summed E-state index contributed by atoms with van der Waals surface area (Å²) in [4.78, 5) is 27.6. The Hall–Kier alpha value is -2.54. The van der Waals surface area contributed by atoms with Gasteiger partial charge in [0.05, 0.1) is 10.9 Å². The number of benzene rings is 2. The summed E-state index contributed by atoms with van der Waals surface area (Å²) in [7, 11) is 0. The number of fused-ring (bicyclic) bond motifs is 1. The van der Waals surface area contributed by atoms with Gasteiger partial charge in [-0.15, -0.1) is 11.8 Å². The van der Waals surface area contributed by atoms with Crippen molar-refractivity contribution in [2.75, 3.05) is 29.9 Å². The lowest BCUT2D eigenvalue weighted by Crippen LogP contribution is -2.31. The van der Waals surface area contributed by atoms with Gasteiger partial charge in [0.1, 0.15) is 5.82 Å². The van der Waals surface area contributed by atoms with Crippen molar-refractivity contribution < 1.29 is 14.0 Å². The van der Waals surface area contributed by atoms with Gasteiger partial charge in [0, 0.05) is 35.8 Å². The zero-order valence-corrected chi connectivity index (χ0v) is 16.4. The number of nitrogens with one attached hydrogen (secondary N) is 2. The molecule has 5 nitrogen and oxygen atoms in total. The number of thioether (sulfide) groups is 1. The molecule has 0 aromatic heterocycles. The molecule has 0 spiro atoms. The molecule has 146 valence electrons. The highest BCUT2D eigenvalue weighted by Crippen LogP contribution is 2.36. The summed E-state index contributed by atoms with van der Waals surface area (Å²) in [5.74, 6) is -0.0635. The molecular formula is C21H22FN3O2S. The van der Waals surface area contributed by atoms with Crippen LogP contribution in [0.2, 0.25) is 0 Å². The van der Waals surface area contributed by atoms with Gasteiger partial charge in [0.15, 0.2) is 0 Å². The van der Waals surface area contributed by atoms with Crippen LogP contribution in [-0.2, 0) is 4.79 Å². The number of rotatable bonds is 4. The zero-order valence-electron chi connectivity index (χ0n) is 15.6. The minimum absolute atomic E-state index is 0.0399. The molecule has 0 bridgehead atoms. The Morgan fingerprint density at radius 2 is 2.07 bits per heavy atom. The molecule has 7 heteroatoms. The maximum Gasteiger partial charge on any atom is 0.251 e. The summed E-state index contributed by atoms with van der Waals surface area (Å²) >= 11 is 1.50. The largest absolute Gasteiger partial charge is 0.371 e. The predicted octanol–water partition coefficient (Wildman–Crippen LogP) is 3.51. The van der Waals surface area contributed by atoms with Crippen molar-refractivity contribution in [1.29, 1.82) is 0 Å². The molecule has 2 heterocycles. The zero-order chi connectivity index (χ0) is 19.7. The van der Waals surface area contributed by atoms with Crippen LogP contribution >= 0.6 is 11.8 Å². The molecule has 2 aliphatic rings. The Bertz CT molecular complexity index is 903. The van der Waals surface area contributed by atoms with Crippen molar-refractivity contribution in [2.45, 2.75) is 23.5 Å². The molecule has 0 aliphatic carbocycles. The van der Waals surface area contributed by atoms with Gasteiger partial charge in [-0.25, -0.2) is 4.39 Å². The van der Waals surface area contributed by atoms with E-state index in [0.29, 0.717) is 23.7 Å². The van der Waals surface area contributed by atoms with E-state index in [1.54, 1.807) is 24.3 Å².